The van der Waals surface area contributed by atoms with E-state index in [1.54, 1.807) is 0 Å². The van der Waals surface area contributed by atoms with Gasteiger partial charge in [-0.3, -0.25) is 0 Å². The molecule has 108 valence electrons. The Labute approximate surface area is 135 Å². The van der Waals surface area contributed by atoms with Gasteiger partial charge in [-0.2, -0.15) is 0 Å². The van der Waals surface area contributed by atoms with Crippen molar-refractivity contribution in [3.8, 4) is 0 Å². The summed E-state index contributed by atoms with van der Waals surface area (Å²) in [5.74, 6) is 1.08. The van der Waals surface area contributed by atoms with Gasteiger partial charge in [0.2, 0.25) is 0 Å². The van der Waals surface area contributed by atoms with E-state index in [1.165, 1.54) is 20.9 Å². The number of halogens is 2. The van der Waals surface area contributed by atoms with E-state index in [4.69, 9.17) is 23.2 Å². The van der Waals surface area contributed by atoms with Crippen molar-refractivity contribution in [3.63, 3.8) is 0 Å². The lowest BCUT2D eigenvalue weighted by Crippen LogP contribution is -2.33. The Kier molecular flexibility index (Phi) is 5.54. The summed E-state index contributed by atoms with van der Waals surface area (Å²) < 4.78 is 0. The second kappa shape index (κ2) is 6.98. The molecule has 2 rings (SSSR count). The van der Waals surface area contributed by atoms with E-state index < -0.39 is 0 Å². The molecule has 0 saturated carbocycles. The van der Waals surface area contributed by atoms with Gasteiger partial charge in [-0.1, -0.05) is 36.8 Å². The van der Waals surface area contributed by atoms with Crippen molar-refractivity contribution in [2.45, 2.75) is 32.1 Å². The molecule has 0 radical (unpaired) electrons. The van der Waals surface area contributed by atoms with Crippen LogP contribution in [0.15, 0.2) is 36.4 Å². The molecule has 20 heavy (non-hydrogen) atoms. The minimum absolute atomic E-state index is 0.176. The van der Waals surface area contributed by atoms with Gasteiger partial charge in [0.15, 0.2) is 0 Å². The van der Waals surface area contributed by atoms with E-state index in [9.17, 15) is 0 Å². The number of hydrogen-bond acceptors (Lipinski definition) is 1. The molecule has 0 aliphatic rings. The predicted molar refractivity (Wildman–Crippen MR) is 91.7 cm³/mol. The Bertz CT molecular complexity index is 556. The number of hydrogen-bond donors (Lipinski definition) is 0. The van der Waals surface area contributed by atoms with Gasteiger partial charge in [-0.25, -0.2) is 0 Å². The number of aryl methyl sites for hydroxylation is 2. The minimum atomic E-state index is -0.176. The highest BCUT2D eigenvalue weighted by molar-refractivity contribution is 7.12. The largest absolute Gasteiger partial charge is 0.145 e. The summed E-state index contributed by atoms with van der Waals surface area (Å²) in [7, 11) is 0. The molecular formula is C17H20Cl2S. The van der Waals surface area contributed by atoms with Crippen LogP contribution in [0.5, 0.6) is 0 Å². The van der Waals surface area contributed by atoms with Gasteiger partial charge in [0, 0.05) is 26.9 Å². The SMILES string of the molecule is CCc1ccc(CC(CCl)(CCl)c2cccc(C)c2)s1. The van der Waals surface area contributed by atoms with Crippen LogP contribution in [0.25, 0.3) is 0 Å². The molecule has 1 aromatic heterocycles. The molecule has 0 atom stereocenters. The number of benzene rings is 1. The van der Waals surface area contributed by atoms with Crippen molar-refractivity contribution in [3.05, 3.63) is 57.3 Å². The van der Waals surface area contributed by atoms with E-state index in [-0.39, 0.29) is 5.41 Å². The van der Waals surface area contributed by atoms with Crippen molar-refractivity contribution < 1.29 is 0 Å². The van der Waals surface area contributed by atoms with Gasteiger partial charge in [0.1, 0.15) is 0 Å². The van der Waals surface area contributed by atoms with Gasteiger partial charge in [-0.15, -0.1) is 34.5 Å². The lowest BCUT2D eigenvalue weighted by Gasteiger charge is -2.30. The van der Waals surface area contributed by atoms with Crippen molar-refractivity contribution in [1.82, 2.24) is 0 Å². The topological polar surface area (TPSA) is 0 Å². The van der Waals surface area contributed by atoms with E-state index in [0.717, 1.165) is 12.8 Å². The Morgan fingerprint density at radius 2 is 1.75 bits per heavy atom. The third-order valence-corrected chi connectivity index (χ3v) is 5.97. The van der Waals surface area contributed by atoms with Gasteiger partial charge in [0.05, 0.1) is 0 Å². The van der Waals surface area contributed by atoms with Gasteiger partial charge < -0.3 is 0 Å². The number of alkyl halides is 2. The Hall–Kier alpha value is -0.500. The molecule has 0 N–H and O–H groups in total. The zero-order valence-electron chi connectivity index (χ0n) is 12.0. The molecular weight excluding hydrogens is 307 g/mol. The average Bonchev–Trinajstić information content (AvgIpc) is 2.92. The van der Waals surface area contributed by atoms with Crippen LogP contribution in [0, 0.1) is 6.92 Å². The molecule has 0 amide bonds. The maximum atomic E-state index is 6.32. The molecule has 0 aliphatic heterocycles. The van der Waals surface area contributed by atoms with Crippen LogP contribution in [0.4, 0.5) is 0 Å². The van der Waals surface area contributed by atoms with Gasteiger partial charge in [-0.05, 0) is 37.5 Å². The molecule has 1 heterocycles. The molecule has 3 heteroatoms. The minimum Gasteiger partial charge on any atom is -0.145 e. The van der Waals surface area contributed by atoms with Gasteiger partial charge >= 0.3 is 0 Å². The monoisotopic (exact) mass is 326 g/mol. The zero-order valence-corrected chi connectivity index (χ0v) is 14.3. The number of rotatable bonds is 6. The molecule has 0 fully saturated rings. The van der Waals surface area contributed by atoms with Crippen LogP contribution < -0.4 is 0 Å². The van der Waals surface area contributed by atoms with Crippen LogP contribution in [-0.2, 0) is 18.3 Å². The molecule has 1 aromatic carbocycles. The molecule has 2 aromatic rings. The summed E-state index contributed by atoms with van der Waals surface area (Å²) in [4.78, 5) is 2.78. The average molecular weight is 327 g/mol. The lowest BCUT2D eigenvalue weighted by atomic mass is 9.80. The molecule has 0 saturated heterocycles. The highest BCUT2D eigenvalue weighted by atomic mass is 35.5. The van der Waals surface area contributed by atoms with Gasteiger partial charge in [0.25, 0.3) is 0 Å². The summed E-state index contributed by atoms with van der Waals surface area (Å²) >= 11 is 14.5. The first-order valence-corrected chi connectivity index (χ1v) is 8.79. The molecule has 0 aliphatic carbocycles. The summed E-state index contributed by atoms with van der Waals surface area (Å²) in [5, 5.41) is 0. The third kappa shape index (κ3) is 3.39. The first-order chi connectivity index (χ1) is 9.63. The Morgan fingerprint density at radius 3 is 2.30 bits per heavy atom. The first kappa shape index (κ1) is 15.9. The zero-order chi connectivity index (χ0) is 14.6. The van der Waals surface area contributed by atoms with Crippen LogP contribution in [0.1, 0.15) is 27.8 Å². The summed E-state index contributed by atoms with van der Waals surface area (Å²) in [6, 6.07) is 13.0. The fourth-order valence-electron chi connectivity index (χ4n) is 2.40. The maximum absolute atomic E-state index is 6.32. The molecule has 0 bridgehead atoms. The Balaban J connectivity index is 2.33. The highest BCUT2D eigenvalue weighted by Crippen LogP contribution is 2.34. The van der Waals surface area contributed by atoms with E-state index in [0.29, 0.717) is 11.8 Å². The fourth-order valence-corrected chi connectivity index (χ4v) is 4.29. The smallest absolute Gasteiger partial charge is 0.0335 e. The highest BCUT2D eigenvalue weighted by Gasteiger charge is 2.31. The van der Waals surface area contributed by atoms with E-state index in [2.05, 4.69) is 50.2 Å². The predicted octanol–water partition coefficient (Wildman–Crippen LogP) is 5.58. The van der Waals surface area contributed by atoms with Crippen LogP contribution >= 0.6 is 34.5 Å². The summed E-state index contributed by atoms with van der Waals surface area (Å²) in [6.07, 6.45) is 2.00. The normalized spacial score (nSPS) is 11.8. The second-order valence-electron chi connectivity index (χ2n) is 5.32. The molecule has 0 spiro atoms. The second-order valence-corrected chi connectivity index (χ2v) is 7.10. The fraction of sp³-hybridized carbons (Fsp3) is 0.412. The summed E-state index contributed by atoms with van der Waals surface area (Å²) in [6.45, 7) is 4.30. The Morgan fingerprint density at radius 1 is 1.05 bits per heavy atom. The van der Waals surface area contributed by atoms with Crippen LogP contribution in [0.3, 0.4) is 0 Å². The maximum Gasteiger partial charge on any atom is 0.0335 e. The lowest BCUT2D eigenvalue weighted by molar-refractivity contribution is 0.540. The third-order valence-electron chi connectivity index (χ3n) is 3.72. The quantitative estimate of drug-likeness (QED) is 0.608. The number of thiophene rings is 1. The van der Waals surface area contributed by atoms with E-state index in [1.807, 2.05) is 11.3 Å². The summed E-state index contributed by atoms with van der Waals surface area (Å²) in [5.41, 5.74) is 2.32. The van der Waals surface area contributed by atoms with Crippen molar-refractivity contribution in [2.75, 3.05) is 11.8 Å². The van der Waals surface area contributed by atoms with Crippen molar-refractivity contribution in [2.24, 2.45) is 0 Å². The standard InChI is InChI=1S/C17H20Cl2S/c1-3-15-7-8-16(20-15)10-17(11-18,12-19)14-6-4-5-13(2)9-14/h4-9H,3,10-12H2,1-2H3. The van der Waals surface area contributed by atoms with Crippen molar-refractivity contribution in [1.29, 1.82) is 0 Å². The first-order valence-electron chi connectivity index (χ1n) is 6.90. The van der Waals surface area contributed by atoms with E-state index >= 15 is 0 Å². The molecule has 0 unspecified atom stereocenters. The van der Waals surface area contributed by atoms with Crippen molar-refractivity contribution >= 4 is 34.5 Å². The van der Waals surface area contributed by atoms with Crippen LogP contribution in [0.2, 0.25) is 0 Å². The molecule has 0 nitrogen and oxygen atoms in total. The van der Waals surface area contributed by atoms with Crippen LogP contribution in [-0.4, -0.2) is 11.8 Å².